The predicted molar refractivity (Wildman–Crippen MR) is 85.6 cm³/mol. The van der Waals surface area contributed by atoms with E-state index in [4.69, 9.17) is 4.74 Å². The minimum atomic E-state index is 0.172. The number of hydrogen-bond donors (Lipinski definition) is 1. The first-order valence-electron chi connectivity index (χ1n) is 7.61. The second kappa shape index (κ2) is 8.22. The van der Waals surface area contributed by atoms with Crippen molar-refractivity contribution < 1.29 is 9.53 Å². The summed E-state index contributed by atoms with van der Waals surface area (Å²) < 4.78 is 5.24. The highest BCUT2D eigenvalue weighted by molar-refractivity contribution is 5.76. The van der Waals surface area contributed by atoms with E-state index in [0.29, 0.717) is 19.4 Å². The fraction of sp³-hybridized carbons (Fsp3) is 0.412. The highest BCUT2D eigenvalue weighted by Crippen LogP contribution is 2.15. The molecule has 118 valence electrons. The number of nitrogens with one attached hydrogen (secondary N) is 1. The zero-order valence-electron chi connectivity index (χ0n) is 13.2. The number of nitrogens with zero attached hydrogens (tertiary/aromatic N) is 2. The lowest BCUT2D eigenvalue weighted by Crippen LogP contribution is -2.31. The fourth-order valence-corrected chi connectivity index (χ4v) is 2.38. The van der Waals surface area contributed by atoms with Crippen molar-refractivity contribution in [1.29, 1.82) is 0 Å². The van der Waals surface area contributed by atoms with Gasteiger partial charge in [-0.2, -0.15) is 5.10 Å². The third-order valence-corrected chi connectivity index (χ3v) is 3.54. The van der Waals surface area contributed by atoms with E-state index < -0.39 is 0 Å². The SMILES string of the molecule is CCCN(Cc1cccc(OC)c1)C(=O)CCc1cn[nH]c1. The molecule has 22 heavy (non-hydrogen) atoms. The third-order valence-electron chi connectivity index (χ3n) is 3.54. The zero-order valence-corrected chi connectivity index (χ0v) is 13.2. The average Bonchev–Trinajstić information content (AvgIpc) is 3.06. The third kappa shape index (κ3) is 4.62. The standard InChI is InChI=1S/C17H23N3O2/c1-3-9-20(13-14-5-4-6-16(10-14)22-2)17(21)8-7-15-11-18-19-12-15/h4-6,10-12H,3,7-9,13H2,1-2H3,(H,18,19). The highest BCUT2D eigenvalue weighted by atomic mass is 16.5. The molecule has 0 aliphatic carbocycles. The topological polar surface area (TPSA) is 58.2 Å². The maximum absolute atomic E-state index is 12.5. The second-order valence-corrected chi connectivity index (χ2v) is 5.27. The van der Waals surface area contributed by atoms with Crippen molar-refractivity contribution in [3.05, 3.63) is 47.8 Å². The maximum Gasteiger partial charge on any atom is 0.223 e. The van der Waals surface area contributed by atoms with E-state index in [1.807, 2.05) is 35.4 Å². The Morgan fingerprint density at radius 2 is 2.23 bits per heavy atom. The summed E-state index contributed by atoms with van der Waals surface area (Å²) >= 11 is 0. The van der Waals surface area contributed by atoms with Crippen LogP contribution >= 0.6 is 0 Å². The van der Waals surface area contributed by atoms with Crippen LogP contribution in [-0.2, 0) is 17.8 Å². The van der Waals surface area contributed by atoms with Crippen LogP contribution in [0.3, 0.4) is 0 Å². The Hall–Kier alpha value is -2.30. The lowest BCUT2D eigenvalue weighted by molar-refractivity contribution is -0.131. The van der Waals surface area contributed by atoms with E-state index in [1.54, 1.807) is 13.3 Å². The minimum Gasteiger partial charge on any atom is -0.497 e. The summed E-state index contributed by atoms with van der Waals surface area (Å²) in [5.74, 6) is 0.991. The van der Waals surface area contributed by atoms with Gasteiger partial charge in [0.25, 0.3) is 0 Å². The summed E-state index contributed by atoms with van der Waals surface area (Å²) in [5.41, 5.74) is 2.15. The Morgan fingerprint density at radius 1 is 1.36 bits per heavy atom. The summed E-state index contributed by atoms with van der Waals surface area (Å²) in [6, 6.07) is 7.86. The van der Waals surface area contributed by atoms with E-state index in [1.165, 1.54) is 0 Å². The maximum atomic E-state index is 12.5. The second-order valence-electron chi connectivity index (χ2n) is 5.27. The molecule has 1 aromatic carbocycles. The molecule has 0 radical (unpaired) electrons. The van der Waals surface area contributed by atoms with Gasteiger partial charge in [-0.3, -0.25) is 9.89 Å². The molecule has 0 fully saturated rings. The zero-order chi connectivity index (χ0) is 15.8. The molecule has 0 aliphatic rings. The van der Waals surface area contributed by atoms with Crippen LogP contribution in [-0.4, -0.2) is 34.7 Å². The highest BCUT2D eigenvalue weighted by Gasteiger charge is 2.13. The molecule has 0 unspecified atom stereocenters. The van der Waals surface area contributed by atoms with Crippen LogP contribution in [0.15, 0.2) is 36.7 Å². The van der Waals surface area contributed by atoms with E-state index in [9.17, 15) is 4.79 Å². The lowest BCUT2D eigenvalue weighted by atomic mass is 10.1. The fourth-order valence-electron chi connectivity index (χ4n) is 2.38. The summed E-state index contributed by atoms with van der Waals surface area (Å²) in [6.07, 6.45) is 5.76. The molecule has 0 saturated carbocycles. The first-order valence-corrected chi connectivity index (χ1v) is 7.61. The first kappa shape index (κ1) is 16.1. The van der Waals surface area contributed by atoms with Gasteiger partial charge in [-0.15, -0.1) is 0 Å². The van der Waals surface area contributed by atoms with Gasteiger partial charge in [0.2, 0.25) is 5.91 Å². The summed E-state index contributed by atoms with van der Waals surface area (Å²) in [4.78, 5) is 14.4. The molecule has 0 aliphatic heterocycles. The smallest absolute Gasteiger partial charge is 0.223 e. The molecule has 2 aromatic rings. The number of carbonyl (C=O) groups excluding carboxylic acids is 1. The van der Waals surface area contributed by atoms with E-state index >= 15 is 0 Å². The van der Waals surface area contributed by atoms with Crippen LogP contribution in [0.2, 0.25) is 0 Å². The van der Waals surface area contributed by atoms with Crippen molar-refractivity contribution in [3.8, 4) is 5.75 Å². The van der Waals surface area contributed by atoms with E-state index in [-0.39, 0.29) is 5.91 Å². The van der Waals surface area contributed by atoms with Crippen molar-refractivity contribution in [2.45, 2.75) is 32.7 Å². The number of H-pyrrole nitrogens is 1. The predicted octanol–water partition coefficient (Wildman–Crippen LogP) is 2.79. The quantitative estimate of drug-likeness (QED) is 0.815. The number of methoxy groups -OCH3 is 1. The lowest BCUT2D eigenvalue weighted by Gasteiger charge is -2.22. The molecule has 0 atom stereocenters. The Morgan fingerprint density at radius 3 is 2.91 bits per heavy atom. The Kier molecular flexibility index (Phi) is 6.01. The molecule has 1 N–H and O–H groups in total. The molecule has 2 rings (SSSR count). The van der Waals surface area contributed by atoms with Crippen LogP contribution in [0.25, 0.3) is 0 Å². The van der Waals surface area contributed by atoms with Gasteiger partial charge >= 0.3 is 0 Å². The molecule has 1 aromatic heterocycles. The van der Waals surface area contributed by atoms with Crippen LogP contribution in [0.4, 0.5) is 0 Å². The van der Waals surface area contributed by atoms with Crippen molar-refractivity contribution in [3.63, 3.8) is 0 Å². The number of amides is 1. The molecule has 1 amide bonds. The summed E-state index contributed by atoms with van der Waals surface area (Å²) in [7, 11) is 1.65. The number of benzene rings is 1. The normalized spacial score (nSPS) is 10.5. The van der Waals surface area contributed by atoms with Gasteiger partial charge in [-0.25, -0.2) is 0 Å². The summed E-state index contributed by atoms with van der Waals surface area (Å²) in [6.45, 7) is 3.47. The van der Waals surface area contributed by atoms with Gasteiger partial charge in [0, 0.05) is 25.7 Å². The number of carbonyl (C=O) groups is 1. The number of ether oxygens (including phenoxy) is 1. The molecule has 0 saturated heterocycles. The molecule has 0 bridgehead atoms. The molecule has 5 nitrogen and oxygen atoms in total. The Balaban J connectivity index is 1.96. The largest absolute Gasteiger partial charge is 0.497 e. The average molecular weight is 301 g/mol. The molecule has 1 heterocycles. The van der Waals surface area contributed by atoms with Gasteiger partial charge in [0.05, 0.1) is 13.3 Å². The number of aryl methyl sites for hydroxylation is 1. The van der Waals surface area contributed by atoms with Gasteiger partial charge in [0.1, 0.15) is 5.75 Å². The van der Waals surface area contributed by atoms with Gasteiger partial charge < -0.3 is 9.64 Å². The monoisotopic (exact) mass is 301 g/mol. The van der Waals surface area contributed by atoms with E-state index in [2.05, 4.69) is 17.1 Å². The van der Waals surface area contributed by atoms with Gasteiger partial charge in [0.15, 0.2) is 0 Å². The van der Waals surface area contributed by atoms with Crippen molar-refractivity contribution in [2.75, 3.05) is 13.7 Å². The van der Waals surface area contributed by atoms with Gasteiger partial charge in [-0.1, -0.05) is 19.1 Å². The van der Waals surface area contributed by atoms with Gasteiger partial charge in [-0.05, 0) is 36.1 Å². The summed E-state index contributed by atoms with van der Waals surface area (Å²) in [5, 5.41) is 6.68. The number of rotatable bonds is 8. The molecule has 0 spiro atoms. The molecular formula is C17H23N3O2. The van der Waals surface area contributed by atoms with Crippen molar-refractivity contribution in [2.24, 2.45) is 0 Å². The van der Waals surface area contributed by atoms with Crippen molar-refractivity contribution >= 4 is 5.91 Å². The molecule has 5 heteroatoms. The Bertz CT molecular complexity index is 581. The number of aromatic amines is 1. The van der Waals surface area contributed by atoms with Crippen LogP contribution in [0.1, 0.15) is 30.9 Å². The number of hydrogen-bond acceptors (Lipinski definition) is 3. The number of aromatic nitrogens is 2. The minimum absolute atomic E-state index is 0.172. The van der Waals surface area contributed by atoms with Crippen LogP contribution in [0, 0.1) is 0 Å². The van der Waals surface area contributed by atoms with Crippen LogP contribution in [0.5, 0.6) is 5.75 Å². The van der Waals surface area contributed by atoms with E-state index in [0.717, 1.165) is 29.8 Å². The first-order chi connectivity index (χ1) is 10.7. The van der Waals surface area contributed by atoms with Crippen molar-refractivity contribution in [1.82, 2.24) is 15.1 Å². The Labute approximate surface area is 131 Å². The van der Waals surface area contributed by atoms with Crippen LogP contribution < -0.4 is 4.74 Å². The molecular weight excluding hydrogens is 278 g/mol.